The lowest BCUT2D eigenvalue weighted by Gasteiger charge is -2.20. The Bertz CT molecular complexity index is 673. The van der Waals surface area contributed by atoms with E-state index in [0.717, 1.165) is 0 Å². The summed E-state index contributed by atoms with van der Waals surface area (Å²) in [4.78, 5) is 12.0. The minimum Gasteiger partial charge on any atom is -0.506 e. The summed E-state index contributed by atoms with van der Waals surface area (Å²) in [6.07, 6.45) is 0.559. The number of carbonyl (C=O) groups is 1. The number of hydrogen-bond donors (Lipinski definition) is 3. The van der Waals surface area contributed by atoms with Crippen molar-refractivity contribution < 1.29 is 18.3 Å². The highest BCUT2D eigenvalue weighted by molar-refractivity contribution is 7.93. The third-order valence-electron chi connectivity index (χ3n) is 3.65. The lowest BCUT2D eigenvalue weighted by Crippen LogP contribution is -2.39. The van der Waals surface area contributed by atoms with E-state index in [2.05, 4.69) is 5.32 Å². The van der Waals surface area contributed by atoms with Crippen LogP contribution in [0.1, 0.15) is 20.3 Å². The van der Waals surface area contributed by atoms with Gasteiger partial charge in [-0.15, -0.1) is 0 Å². The Morgan fingerprint density at radius 3 is 2.64 bits per heavy atom. The zero-order chi connectivity index (χ0) is 16.5. The number of benzene rings is 1. The van der Waals surface area contributed by atoms with E-state index in [1.54, 1.807) is 0 Å². The molecule has 1 fully saturated rings. The number of aromatic hydroxyl groups is 1. The van der Waals surface area contributed by atoms with Gasteiger partial charge in [-0.1, -0.05) is 13.8 Å². The average molecular weight is 327 g/mol. The molecule has 7 nitrogen and oxygen atoms in total. The summed E-state index contributed by atoms with van der Waals surface area (Å²) in [5.74, 6) is -0.506. The summed E-state index contributed by atoms with van der Waals surface area (Å²) in [6, 6.07) is 3.61. The van der Waals surface area contributed by atoms with Gasteiger partial charge >= 0.3 is 0 Å². The van der Waals surface area contributed by atoms with Gasteiger partial charge in [0.15, 0.2) is 0 Å². The SMILES string of the molecule is CC(C)[C@H](N)C(=O)Nc1cc(N2CCCS2(=O)=O)ccc1O. The summed E-state index contributed by atoms with van der Waals surface area (Å²) >= 11 is 0. The Morgan fingerprint density at radius 2 is 2.09 bits per heavy atom. The number of rotatable bonds is 4. The first kappa shape index (κ1) is 16.6. The van der Waals surface area contributed by atoms with Crippen molar-refractivity contribution in [3.8, 4) is 5.75 Å². The van der Waals surface area contributed by atoms with Crippen LogP contribution in [-0.4, -0.2) is 37.8 Å². The molecule has 8 heteroatoms. The molecule has 122 valence electrons. The van der Waals surface area contributed by atoms with Crippen LogP contribution >= 0.6 is 0 Å². The molecule has 1 aromatic carbocycles. The number of nitrogens with two attached hydrogens (primary N) is 1. The van der Waals surface area contributed by atoms with E-state index in [9.17, 15) is 18.3 Å². The Morgan fingerprint density at radius 1 is 1.41 bits per heavy atom. The normalized spacial score (nSPS) is 18.5. The summed E-state index contributed by atoms with van der Waals surface area (Å²) in [7, 11) is -3.31. The van der Waals surface area contributed by atoms with Crippen molar-refractivity contribution in [2.45, 2.75) is 26.3 Å². The molecule has 4 N–H and O–H groups in total. The van der Waals surface area contributed by atoms with Crippen LogP contribution in [0.25, 0.3) is 0 Å². The van der Waals surface area contributed by atoms with Crippen molar-refractivity contribution in [1.82, 2.24) is 0 Å². The van der Waals surface area contributed by atoms with Crippen LogP contribution in [0, 0.1) is 5.92 Å². The smallest absolute Gasteiger partial charge is 0.241 e. The number of anilines is 2. The van der Waals surface area contributed by atoms with E-state index < -0.39 is 22.0 Å². The van der Waals surface area contributed by atoms with Crippen molar-refractivity contribution in [3.63, 3.8) is 0 Å². The fourth-order valence-corrected chi connectivity index (χ4v) is 3.78. The Balaban J connectivity index is 2.26. The monoisotopic (exact) mass is 327 g/mol. The van der Waals surface area contributed by atoms with Crippen LogP contribution in [0.5, 0.6) is 5.75 Å². The second-order valence-corrected chi connectivity index (χ2v) is 7.72. The van der Waals surface area contributed by atoms with Gasteiger partial charge in [0.25, 0.3) is 0 Å². The summed E-state index contributed by atoms with van der Waals surface area (Å²) < 4.78 is 25.2. The van der Waals surface area contributed by atoms with E-state index in [-0.39, 0.29) is 23.1 Å². The van der Waals surface area contributed by atoms with Crippen molar-refractivity contribution in [2.75, 3.05) is 21.9 Å². The van der Waals surface area contributed by atoms with Crippen molar-refractivity contribution in [2.24, 2.45) is 11.7 Å². The number of sulfonamides is 1. The van der Waals surface area contributed by atoms with Crippen LogP contribution in [0.2, 0.25) is 0 Å². The maximum atomic E-state index is 12.0. The summed E-state index contributed by atoms with van der Waals surface area (Å²) in [5.41, 5.74) is 6.33. The van der Waals surface area contributed by atoms with Crippen LogP contribution in [0.4, 0.5) is 11.4 Å². The van der Waals surface area contributed by atoms with Gasteiger partial charge in [0.1, 0.15) is 5.75 Å². The summed E-state index contributed by atoms with van der Waals surface area (Å²) in [6.45, 7) is 4.03. The Labute approximate surface area is 130 Å². The molecule has 1 saturated heterocycles. The van der Waals surface area contributed by atoms with Gasteiger partial charge in [-0.25, -0.2) is 8.42 Å². The molecule has 1 aliphatic heterocycles. The zero-order valence-corrected chi connectivity index (χ0v) is 13.4. The van der Waals surface area contributed by atoms with Crippen LogP contribution in [0.15, 0.2) is 18.2 Å². The number of amides is 1. The van der Waals surface area contributed by atoms with E-state index in [4.69, 9.17) is 5.73 Å². The Hall–Kier alpha value is -1.80. The fraction of sp³-hybridized carbons (Fsp3) is 0.500. The lowest BCUT2D eigenvalue weighted by atomic mass is 10.0. The van der Waals surface area contributed by atoms with Gasteiger partial charge in [-0.2, -0.15) is 0 Å². The molecular weight excluding hydrogens is 306 g/mol. The molecule has 1 atom stereocenters. The first-order valence-electron chi connectivity index (χ1n) is 7.12. The van der Waals surface area contributed by atoms with Gasteiger partial charge in [0.05, 0.1) is 23.2 Å². The topological polar surface area (TPSA) is 113 Å². The zero-order valence-electron chi connectivity index (χ0n) is 12.6. The molecule has 0 aliphatic carbocycles. The van der Waals surface area contributed by atoms with Gasteiger partial charge in [0.2, 0.25) is 15.9 Å². The molecule has 22 heavy (non-hydrogen) atoms. The molecule has 1 aliphatic rings. The van der Waals surface area contributed by atoms with Crippen molar-refractivity contribution >= 4 is 27.3 Å². The largest absolute Gasteiger partial charge is 0.506 e. The van der Waals surface area contributed by atoms with Crippen molar-refractivity contribution in [1.29, 1.82) is 0 Å². The molecule has 0 unspecified atom stereocenters. The molecule has 0 radical (unpaired) electrons. The van der Waals surface area contributed by atoms with Gasteiger partial charge in [-0.3, -0.25) is 9.10 Å². The number of carbonyl (C=O) groups excluding carboxylic acids is 1. The van der Waals surface area contributed by atoms with E-state index in [0.29, 0.717) is 18.7 Å². The molecule has 0 aromatic heterocycles. The molecule has 0 saturated carbocycles. The number of nitrogens with zero attached hydrogens (tertiary/aromatic N) is 1. The molecular formula is C14H21N3O4S. The highest BCUT2D eigenvalue weighted by Crippen LogP contribution is 2.32. The first-order chi connectivity index (χ1) is 10.2. The van der Waals surface area contributed by atoms with Gasteiger partial charge < -0.3 is 16.2 Å². The molecule has 0 spiro atoms. The third kappa shape index (κ3) is 3.33. The molecule has 1 amide bonds. The minimum atomic E-state index is -3.31. The van der Waals surface area contributed by atoms with Crippen LogP contribution < -0.4 is 15.4 Å². The van der Waals surface area contributed by atoms with Gasteiger partial charge in [-0.05, 0) is 30.5 Å². The first-order valence-corrected chi connectivity index (χ1v) is 8.73. The fourth-order valence-electron chi connectivity index (χ4n) is 2.23. The highest BCUT2D eigenvalue weighted by Gasteiger charge is 2.29. The lowest BCUT2D eigenvalue weighted by molar-refractivity contribution is -0.118. The van der Waals surface area contributed by atoms with E-state index in [1.165, 1.54) is 22.5 Å². The van der Waals surface area contributed by atoms with Crippen LogP contribution in [-0.2, 0) is 14.8 Å². The Kier molecular flexibility index (Phi) is 4.62. The van der Waals surface area contributed by atoms with E-state index >= 15 is 0 Å². The molecule has 0 bridgehead atoms. The van der Waals surface area contributed by atoms with Crippen LogP contribution in [0.3, 0.4) is 0 Å². The van der Waals surface area contributed by atoms with E-state index in [1.807, 2.05) is 13.8 Å². The number of phenols is 1. The van der Waals surface area contributed by atoms with Gasteiger partial charge in [0, 0.05) is 6.54 Å². The summed E-state index contributed by atoms with van der Waals surface area (Å²) in [5, 5.41) is 12.4. The predicted molar refractivity (Wildman–Crippen MR) is 85.3 cm³/mol. The quantitative estimate of drug-likeness (QED) is 0.710. The molecule has 1 heterocycles. The molecule has 1 aromatic rings. The molecule has 2 rings (SSSR count). The second kappa shape index (κ2) is 6.13. The minimum absolute atomic E-state index is 0.0516. The van der Waals surface area contributed by atoms with Crippen molar-refractivity contribution in [3.05, 3.63) is 18.2 Å². The number of phenolic OH excluding ortho intramolecular Hbond substituents is 1. The second-order valence-electron chi connectivity index (χ2n) is 5.70. The maximum Gasteiger partial charge on any atom is 0.241 e. The maximum absolute atomic E-state index is 12.0. The predicted octanol–water partition coefficient (Wildman–Crippen LogP) is 0.854. The standard InChI is InChI=1S/C14H21N3O4S/c1-9(2)13(15)14(19)16-11-8-10(4-5-12(11)18)17-6-3-7-22(17,20)21/h4-5,8-9,13,18H,3,6-7,15H2,1-2H3,(H,16,19)/t13-/m0/s1. The highest BCUT2D eigenvalue weighted by atomic mass is 32.2. The third-order valence-corrected chi connectivity index (χ3v) is 5.52. The number of hydrogen-bond acceptors (Lipinski definition) is 5. The average Bonchev–Trinajstić information content (AvgIpc) is 2.79. The number of nitrogens with one attached hydrogen (secondary N) is 1.